The van der Waals surface area contributed by atoms with Gasteiger partial charge in [-0.15, -0.1) is 0 Å². The highest BCUT2D eigenvalue weighted by Gasteiger charge is 2.27. The maximum atomic E-state index is 13.6. The van der Waals surface area contributed by atoms with Gasteiger partial charge in [0.25, 0.3) is 5.56 Å². The van der Waals surface area contributed by atoms with Crippen molar-refractivity contribution in [2.45, 2.75) is 51.2 Å². The molecule has 1 aliphatic carbocycles. The van der Waals surface area contributed by atoms with Crippen LogP contribution in [-0.2, 0) is 12.8 Å². The Morgan fingerprint density at radius 3 is 2.50 bits per heavy atom. The van der Waals surface area contributed by atoms with Crippen LogP contribution < -0.4 is 15.0 Å². The van der Waals surface area contributed by atoms with Gasteiger partial charge in [-0.1, -0.05) is 18.2 Å². The number of carbonyl (C=O) groups is 2. The molecule has 46 heavy (non-hydrogen) atoms. The van der Waals surface area contributed by atoms with Crippen LogP contribution in [0.2, 0.25) is 0 Å². The largest absolute Gasteiger partial charge is 0.491 e. The molecule has 5 aromatic rings. The second kappa shape index (κ2) is 12.7. The van der Waals surface area contributed by atoms with Crippen molar-refractivity contribution in [1.29, 1.82) is 0 Å². The lowest BCUT2D eigenvalue weighted by atomic mass is 9.91. The Bertz CT molecular complexity index is 1980. The SMILES string of the molecule is CC(C)(O)[C@H](O)COc1ccc2c(Oc3ccc(CC(=O)c4cc5c(n(-c6ccccc6)c4=O)CCCC5=O)nc3)ccnc2c1. The highest BCUT2D eigenvalue weighted by Crippen LogP contribution is 2.31. The average Bonchev–Trinajstić information content (AvgIpc) is 3.04. The Kier molecular flexibility index (Phi) is 8.48. The third-order valence-corrected chi connectivity index (χ3v) is 8.00. The van der Waals surface area contributed by atoms with E-state index in [0.29, 0.717) is 70.1 Å². The molecule has 0 saturated carbocycles. The molecular formula is C36H33N3O7. The summed E-state index contributed by atoms with van der Waals surface area (Å²) in [5, 5.41) is 20.7. The molecule has 10 nitrogen and oxygen atoms in total. The number of fused-ring (bicyclic) bond motifs is 2. The van der Waals surface area contributed by atoms with Gasteiger partial charge in [-0.3, -0.25) is 28.9 Å². The summed E-state index contributed by atoms with van der Waals surface area (Å²) in [7, 11) is 0. The number of aliphatic hydroxyl groups is 2. The number of ketones is 2. The van der Waals surface area contributed by atoms with Gasteiger partial charge in [0.05, 0.1) is 29.3 Å². The van der Waals surface area contributed by atoms with E-state index in [-0.39, 0.29) is 24.4 Å². The fraction of sp³-hybridized carbons (Fsp3) is 0.250. The second-order valence-corrected chi connectivity index (χ2v) is 11.8. The van der Waals surface area contributed by atoms with Crippen molar-refractivity contribution in [2.75, 3.05) is 6.61 Å². The van der Waals surface area contributed by atoms with Crippen molar-refractivity contribution in [1.82, 2.24) is 14.5 Å². The monoisotopic (exact) mass is 619 g/mol. The first-order chi connectivity index (χ1) is 22.1. The van der Waals surface area contributed by atoms with Crippen LogP contribution in [0, 0.1) is 0 Å². The van der Waals surface area contributed by atoms with Crippen molar-refractivity contribution in [3.8, 4) is 22.9 Å². The number of carbonyl (C=O) groups excluding carboxylic acids is 2. The van der Waals surface area contributed by atoms with Crippen molar-refractivity contribution in [2.24, 2.45) is 0 Å². The topological polar surface area (TPSA) is 141 Å². The number of pyridine rings is 3. The zero-order valence-corrected chi connectivity index (χ0v) is 25.5. The highest BCUT2D eigenvalue weighted by molar-refractivity contribution is 6.03. The van der Waals surface area contributed by atoms with E-state index < -0.39 is 23.0 Å². The first kappa shape index (κ1) is 30.8. The van der Waals surface area contributed by atoms with E-state index in [4.69, 9.17) is 9.47 Å². The normalized spacial score (nSPS) is 13.7. The van der Waals surface area contributed by atoms with Crippen LogP contribution in [0.1, 0.15) is 58.8 Å². The minimum atomic E-state index is -1.29. The van der Waals surface area contributed by atoms with E-state index in [0.717, 1.165) is 0 Å². The summed E-state index contributed by atoms with van der Waals surface area (Å²) < 4.78 is 13.2. The molecule has 0 fully saturated rings. The van der Waals surface area contributed by atoms with Gasteiger partial charge in [0.15, 0.2) is 11.6 Å². The minimum absolute atomic E-state index is 0.0406. The van der Waals surface area contributed by atoms with E-state index >= 15 is 0 Å². The summed E-state index contributed by atoms with van der Waals surface area (Å²) >= 11 is 0. The molecule has 0 spiro atoms. The maximum absolute atomic E-state index is 13.6. The number of ether oxygens (including phenoxy) is 2. The molecule has 3 aromatic heterocycles. The Labute approximate surface area is 264 Å². The lowest BCUT2D eigenvalue weighted by molar-refractivity contribution is -0.0661. The summed E-state index contributed by atoms with van der Waals surface area (Å²) in [6.45, 7) is 2.93. The number of aromatic nitrogens is 3. The number of rotatable bonds is 10. The quantitative estimate of drug-likeness (QED) is 0.206. The summed E-state index contributed by atoms with van der Waals surface area (Å²) in [4.78, 5) is 48.7. The fourth-order valence-corrected chi connectivity index (χ4v) is 5.36. The van der Waals surface area contributed by atoms with E-state index in [1.165, 1.54) is 30.7 Å². The van der Waals surface area contributed by atoms with Crippen LogP contribution >= 0.6 is 0 Å². The van der Waals surface area contributed by atoms with Gasteiger partial charge < -0.3 is 19.7 Å². The Morgan fingerprint density at radius 2 is 1.76 bits per heavy atom. The molecule has 234 valence electrons. The van der Waals surface area contributed by atoms with Crippen LogP contribution in [0.15, 0.2) is 90.0 Å². The predicted octanol–water partition coefficient (Wildman–Crippen LogP) is 5.03. The molecule has 0 aliphatic heterocycles. The number of benzene rings is 2. The van der Waals surface area contributed by atoms with E-state index in [1.807, 2.05) is 18.2 Å². The van der Waals surface area contributed by atoms with E-state index in [1.54, 1.807) is 54.7 Å². The molecule has 0 amide bonds. The van der Waals surface area contributed by atoms with Crippen molar-refractivity contribution in [3.63, 3.8) is 0 Å². The smallest absolute Gasteiger partial charge is 0.266 e. The molecule has 3 heterocycles. The van der Waals surface area contributed by atoms with Crippen LogP contribution in [0.5, 0.6) is 17.2 Å². The summed E-state index contributed by atoms with van der Waals surface area (Å²) in [5.41, 5.74) is 0.944. The molecule has 0 saturated heterocycles. The number of aliphatic hydroxyl groups excluding tert-OH is 1. The molecule has 1 atom stereocenters. The van der Waals surface area contributed by atoms with Crippen LogP contribution in [-0.4, -0.2) is 54.6 Å². The number of nitrogens with zero attached hydrogens (tertiary/aromatic N) is 3. The van der Waals surface area contributed by atoms with Gasteiger partial charge in [0, 0.05) is 46.7 Å². The Morgan fingerprint density at radius 1 is 0.978 bits per heavy atom. The number of Topliss-reactive ketones (excluding diaryl/α,β-unsaturated/α-hetero) is 2. The number of para-hydroxylation sites is 1. The van der Waals surface area contributed by atoms with Gasteiger partial charge in [-0.05, 0) is 75.2 Å². The molecular weight excluding hydrogens is 586 g/mol. The standard InChI is InChI=1S/C36H33N3O7/c1-36(2,44)34(42)21-45-24-13-14-26-29(18-24)37-16-15-33(26)46-25-12-11-22(38-20-25)17-32(41)28-19-27-30(9-6-10-31(27)40)39(35(28)43)23-7-4-3-5-8-23/h3-5,7-8,11-16,18-20,34,42,44H,6,9-10,17,21H2,1-2H3/t34-/m1/s1. The van der Waals surface area contributed by atoms with Crippen molar-refractivity contribution < 1.29 is 29.3 Å². The highest BCUT2D eigenvalue weighted by atomic mass is 16.5. The van der Waals surface area contributed by atoms with Gasteiger partial charge >= 0.3 is 0 Å². The Hall–Kier alpha value is -5.19. The van der Waals surface area contributed by atoms with Gasteiger partial charge in [0.1, 0.15) is 30.0 Å². The first-order valence-electron chi connectivity index (χ1n) is 15.0. The second-order valence-electron chi connectivity index (χ2n) is 11.8. The van der Waals surface area contributed by atoms with Gasteiger partial charge in [-0.25, -0.2) is 0 Å². The molecule has 6 rings (SSSR count). The molecule has 10 heteroatoms. The summed E-state index contributed by atoms with van der Waals surface area (Å²) in [5.74, 6) is 0.943. The molecule has 2 aromatic carbocycles. The average molecular weight is 620 g/mol. The molecule has 1 aliphatic rings. The third kappa shape index (κ3) is 6.44. The fourth-order valence-electron chi connectivity index (χ4n) is 5.36. The molecule has 0 radical (unpaired) electrons. The summed E-state index contributed by atoms with van der Waals surface area (Å²) in [6.07, 6.45) is 3.53. The van der Waals surface area contributed by atoms with E-state index in [9.17, 15) is 24.6 Å². The van der Waals surface area contributed by atoms with Crippen LogP contribution in [0.3, 0.4) is 0 Å². The zero-order chi connectivity index (χ0) is 32.4. The maximum Gasteiger partial charge on any atom is 0.266 e. The first-order valence-corrected chi connectivity index (χ1v) is 15.0. The Balaban J connectivity index is 1.19. The predicted molar refractivity (Wildman–Crippen MR) is 171 cm³/mol. The van der Waals surface area contributed by atoms with Crippen LogP contribution in [0.4, 0.5) is 0 Å². The molecule has 0 bridgehead atoms. The third-order valence-electron chi connectivity index (χ3n) is 8.00. The van der Waals surface area contributed by atoms with Crippen LogP contribution in [0.25, 0.3) is 16.6 Å². The zero-order valence-electron chi connectivity index (χ0n) is 25.5. The molecule has 0 unspecified atom stereocenters. The number of hydrogen-bond acceptors (Lipinski definition) is 9. The lowest BCUT2D eigenvalue weighted by Crippen LogP contribution is -2.40. The lowest BCUT2D eigenvalue weighted by Gasteiger charge is -2.24. The summed E-state index contributed by atoms with van der Waals surface area (Å²) in [6, 6.07) is 20.8. The van der Waals surface area contributed by atoms with Gasteiger partial charge in [0.2, 0.25) is 0 Å². The number of hydrogen-bond donors (Lipinski definition) is 2. The van der Waals surface area contributed by atoms with Crippen molar-refractivity contribution in [3.05, 3.63) is 118 Å². The minimum Gasteiger partial charge on any atom is -0.491 e. The molecule has 2 N–H and O–H groups in total. The van der Waals surface area contributed by atoms with E-state index in [2.05, 4.69) is 9.97 Å². The van der Waals surface area contributed by atoms with Gasteiger partial charge in [-0.2, -0.15) is 0 Å². The van der Waals surface area contributed by atoms with Crippen molar-refractivity contribution >= 4 is 22.5 Å².